The lowest BCUT2D eigenvalue weighted by Crippen LogP contribution is -2.06. The standard InChI is InChI=1S/C12H13NO4/c1-16-9-4-2-8(3-5-9)10-7-17-11(13-10)6-12(14)15/h2-5,10H,6-7H2,1H3,(H,14,15). The smallest absolute Gasteiger partial charge is 0.312 e. The van der Waals surface area contributed by atoms with Crippen LogP contribution < -0.4 is 4.74 Å². The van der Waals surface area contributed by atoms with E-state index in [1.807, 2.05) is 24.3 Å². The SMILES string of the molecule is COc1ccc(C2COC(CC(=O)O)=N2)cc1. The van der Waals surface area contributed by atoms with Crippen molar-refractivity contribution in [1.82, 2.24) is 0 Å². The number of hydrogen-bond donors (Lipinski definition) is 1. The second-order valence-corrected chi connectivity index (χ2v) is 3.69. The van der Waals surface area contributed by atoms with Crippen LogP contribution in [0.15, 0.2) is 29.3 Å². The topological polar surface area (TPSA) is 68.1 Å². The summed E-state index contributed by atoms with van der Waals surface area (Å²) >= 11 is 0. The third-order valence-corrected chi connectivity index (χ3v) is 2.51. The van der Waals surface area contributed by atoms with Crippen LogP contribution in [0.25, 0.3) is 0 Å². The number of hydrogen-bond acceptors (Lipinski definition) is 4. The van der Waals surface area contributed by atoms with Gasteiger partial charge in [0.2, 0.25) is 0 Å². The van der Waals surface area contributed by atoms with Crippen LogP contribution in [0.1, 0.15) is 18.0 Å². The van der Waals surface area contributed by atoms with Gasteiger partial charge in [0, 0.05) is 0 Å². The molecule has 0 amide bonds. The van der Waals surface area contributed by atoms with Gasteiger partial charge in [-0.1, -0.05) is 12.1 Å². The Bertz CT molecular complexity index is 438. The summed E-state index contributed by atoms with van der Waals surface area (Å²) in [5.74, 6) is 0.139. The zero-order chi connectivity index (χ0) is 12.3. The molecule has 1 aliphatic heterocycles. The summed E-state index contributed by atoms with van der Waals surface area (Å²) < 4.78 is 10.3. The predicted octanol–water partition coefficient (Wildman–Crippen LogP) is 1.64. The first-order chi connectivity index (χ1) is 8.19. The van der Waals surface area contributed by atoms with Gasteiger partial charge in [-0.2, -0.15) is 0 Å². The van der Waals surface area contributed by atoms with Gasteiger partial charge in [0.1, 0.15) is 24.8 Å². The molecule has 1 aliphatic rings. The van der Waals surface area contributed by atoms with E-state index in [1.165, 1.54) is 0 Å². The van der Waals surface area contributed by atoms with E-state index >= 15 is 0 Å². The molecule has 1 atom stereocenters. The molecule has 17 heavy (non-hydrogen) atoms. The number of carboxylic acid groups (broad SMARTS) is 1. The molecular weight excluding hydrogens is 222 g/mol. The first-order valence-corrected chi connectivity index (χ1v) is 5.24. The number of aliphatic carboxylic acids is 1. The summed E-state index contributed by atoms with van der Waals surface area (Å²) in [7, 11) is 1.61. The maximum Gasteiger partial charge on any atom is 0.312 e. The highest BCUT2D eigenvalue weighted by Crippen LogP contribution is 2.25. The average Bonchev–Trinajstić information content (AvgIpc) is 2.77. The van der Waals surface area contributed by atoms with Gasteiger partial charge in [-0.05, 0) is 17.7 Å². The van der Waals surface area contributed by atoms with Crippen LogP contribution in [0.5, 0.6) is 5.75 Å². The van der Waals surface area contributed by atoms with E-state index in [4.69, 9.17) is 14.6 Å². The second kappa shape index (κ2) is 4.86. The third kappa shape index (κ3) is 2.75. The number of nitrogens with zero attached hydrogens (tertiary/aromatic N) is 1. The van der Waals surface area contributed by atoms with Gasteiger partial charge in [0.15, 0.2) is 5.90 Å². The Morgan fingerprint density at radius 3 is 2.82 bits per heavy atom. The molecule has 0 saturated carbocycles. The lowest BCUT2D eigenvalue weighted by atomic mass is 10.1. The molecule has 0 aromatic heterocycles. The molecule has 5 nitrogen and oxygen atoms in total. The van der Waals surface area contributed by atoms with Crippen molar-refractivity contribution < 1.29 is 19.4 Å². The maximum atomic E-state index is 10.5. The van der Waals surface area contributed by atoms with E-state index in [9.17, 15) is 4.79 Å². The molecule has 1 aromatic carbocycles. The fourth-order valence-electron chi connectivity index (χ4n) is 1.65. The van der Waals surface area contributed by atoms with E-state index in [2.05, 4.69) is 4.99 Å². The van der Waals surface area contributed by atoms with Crippen LogP contribution in [0.3, 0.4) is 0 Å². The van der Waals surface area contributed by atoms with Gasteiger partial charge < -0.3 is 14.6 Å². The Morgan fingerprint density at radius 2 is 2.24 bits per heavy atom. The van der Waals surface area contributed by atoms with Crippen molar-refractivity contribution in [2.24, 2.45) is 4.99 Å². The molecule has 1 heterocycles. The molecule has 1 N–H and O–H groups in total. The van der Waals surface area contributed by atoms with Gasteiger partial charge >= 0.3 is 5.97 Å². The molecule has 5 heteroatoms. The van der Waals surface area contributed by atoms with Crippen molar-refractivity contribution in [3.63, 3.8) is 0 Å². The Kier molecular flexibility index (Phi) is 3.27. The third-order valence-electron chi connectivity index (χ3n) is 2.51. The average molecular weight is 235 g/mol. The zero-order valence-corrected chi connectivity index (χ0v) is 9.42. The van der Waals surface area contributed by atoms with Crippen LogP contribution in [-0.2, 0) is 9.53 Å². The highest BCUT2D eigenvalue weighted by atomic mass is 16.5. The van der Waals surface area contributed by atoms with E-state index < -0.39 is 5.97 Å². The van der Waals surface area contributed by atoms with E-state index in [0.717, 1.165) is 11.3 Å². The minimum atomic E-state index is -0.931. The fraction of sp³-hybridized carbons (Fsp3) is 0.333. The van der Waals surface area contributed by atoms with Crippen molar-refractivity contribution in [3.05, 3.63) is 29.8 Å². The van der Waals surface area contributed by atoms with Crippen molar-refractivity contribution in [1.29, 1.82) is 0 Å². The van der Waals surface area contributed by atoms with E-state index in [0.29, 0.717) is 12.5 Å². The molecule has 1 unspecified atom stereocenters. The first-order valence-electron chi connectivity index (χ1n) is 5.24. The molecule has 0 saturated heterocycles. The van der Waals surface area contributed by atoms with E-state index in [-0.39, 0.29) is 12.5 Å². The van der Waals surface area contributed by atoms with Crippen LogP contribution >= 0.6 is 0 Å². The minimum absolute atomic E-state index is 0.116. The van der Waals surface area contributed by atoms with Crippen molar-refractivity contribution >= 4 is 11.9 Å². The van der Waals surface area contributed by atoms with Crippen molar-refractivity contribution in [3.8, 4) is 5.75 Å². The zero-order valence-electron chi connectivity index (χ0n) is 9.42. The summed E-state index contributed by atoms with van der Waals surface area (Å²) in [5, 5.41) is 8.62. The van der Waals surface area contributed by atoms with Crippen molar-refractivity contribution in [2.75, 3.05) is 13.7 Å². The molecule has 2 rings (SSSR count). The lowest BCUT2D eigenvalue weighted by molar-refractivity contribution is -0.135. The summed E-state index contributed by atoms with van der Waals surface area (Å²) in [6.07, 6.45) is -0.160. The largest absolute Gasteiger partial charge is 0.497 e. The van der Waals surface area contributed by atoms with E-state index in [1.54, 1.807) is 7.11 Å². The molecule has 0 radical (unpaired) electrons. The first kappa shape index (κ1) is 11.4. The highest BCUT2D eigenvalue weighted by molar-refractivity contribution is 5.94. The van der Waals surface area contributed by atoms with Gasteiger partial charge in [-0.15, -0.1) is 0 Å². The van der Waals surface area contributed by atoms with Crippen LogP contribution in [0, 0.1) is 0 Å². The van der Waals surface area contributed by atoms with Crippen molar-refractivity contribution in [2.45, 2.75) is 12.5 Å². The maximum absolute atomic E-state index is 10.5. The van der Waals surface area contributed by atoms with Gasteiger partial charge in [0.25, 0.3) is 0 Å². The number of carboxylic acids is 1. The molecule has 0 bridgehead atoms. The highest BCUT2D eigenvalue weighted by Gasteiger charge is 2.21. The molecular formula is C12H13NO4. The predicted molar refractivity (Wildman–Crippen MR) is 61.4 cm³/mol. The van der Waals surface area contributed by atoms with Crippen LogP contribution in [0.2, 0.25) is 0 Å². The monoisotopic (exact) mass is 235 g/mol. The summed E-state index contributed by atoms with van der Waals surface area (Å²) in [5.41, 5.74) is 0.992. The number of aliphatic imine (C=N–C) groups is 1. The molecule has 0 aliphatic carbocycles. The molecule has 0 fully saturated rings. The second-order valence-electron chi connectivity index (χ2n) is 3.69. The van der Waals surface area contributed by atoms with Crippen LogP contribution in [0.4, 0.5) is 0 Å². The summed E-state index contributed by atoms with van der Waals surface area (Å²) in [6, 6.07) is 7.38. The molecule has 1 aromatic rings. The summed E-state index contributed by atoms with van der Waals surface area (Å²) in [6.45, 7) is 0.398. The molecule has 90 valence electrons. The lowest BCUT2D eigenvalue weighted by Gasteiger charge is -2.06. The number of carbonyl (C=O) groups is 1. The molecule has 0 spiro atoms. The Morgan fingerprint density at radius 1 is 1.53 bits per heavy atom. The quantitative estimate of drug-likeness (QED) is 0.861. The Labute approximate surface area is 98.7 Å². The van der Waals surface area contributed by atoms with Gasteiger partial charge in [0.05, 0.1) is 7.11 Å². The van der Waals surface area contributed by atoms with Gasteiger partial charge in [-0.3, -0.25) is 4.79 Å². The fourth-order valence-corrected chi connectivity index (χ4v) is 1.65. The normalized spacial score (nSPS) is 18.4. The van der Waals surface area contributed by atoms with Crippen LogP contribution in [-0.4, -0.2) is 30.7 Å². The number of rotatable bonds is 4. The minimum Gasteiger partial charge on any atom is -0.497 e. The number of methoxy groups -OCH3 is 1. The summed E-state index contributed by atoms with van der Waals surface area (Å²) in [4.78, 5) is 14.7. The van der Waals surface area contributed by atoms with Gasteiger partial charge in [-0.25, -0.2) is 4.99 Å². The number of benzene rings is 1. The Hall–Kier alpha value is -2.04. The Balaban J connectivity index is 2.08. The number of ether oxygens (including phenoxy) is 2.